The third kappa shape index (κ3) is 4.05. The zero-order chi connectivity index (χ0) is 24.0. The molecule has 0 unspecified atom stereocenters. The van der Waals surface area contributed by atoms with Crippen molar-refractivity contribution in [1.29, 1.82) is 0 Å². The van der Waals surface area contributed by atoms with Gasteiger partial charge in [-0.25, -0.2) is 9.18 Å². The van der Waals surface area contributed by atoms with Crippen molar-refractivity contribution in [2.24, 2.45) is 7.05 Å². The molecule has 0 aliphatic heterocycles. The normalized spacial score (nSPS) is 11.1. The van der Waals surface area contributed by atoms with Crippen LogP contribution in [0, 0.1) is 19.7 Å². The van der Waals surface area contributed by atoms with Crippen molar-refractivity contribution in [1.82, 2.24) is 4.57 Å². The number of carbonyl (C=O) groups is 2. The number of rotatable bonds is 5. The van der Waals surface area contributed by atoms with Crippen molar-refractivity contribution in [3.63, 3.8) is 0 Å². The molecule has 0 saturated heterocycles. The Hall–Kier alpha value is -3.78. The zero-order valence-corrected chi connectivity index (χ0v) is 19.2. The fourth-order valence-corrected chi connectivity index (χ4v) is 4.76. The van der Waals surface area contributed by atoms with Gasteiger partial charge in [0.2, 0.25) is 0 Å². The summed E-state index contributed by atoms with van der Waals surface area (Å²) in [4.78, 5) is 36.4. The van der Waals surface area contributed by atoms with Gasteiger partial charge in [-0.15, -0.1) is 11.3 Å². The molecule has 4 rings (SSSR count). The molecule has 0 fully saturated rings. The largest absolute Gasteiger partial charge is 0.477 e. The van der Waals surface area contributed by atoms with Crippen LogP contribution in [-0.2, 0) is 7.05 Å². The highest BCUT2D eigenvalue weighted by Crippen LogP contribution is 2.40. The molecule has 0 radical (unpaired) electrons. The van der Waals surface area contributed by atoms with Gasteiger partial charge in [-0.3, -0.25) is 9.59 Å². The lowest BCUT2D eigenvalue weighted by Crippen LogP contribution is -2.15. The lowest BCUT2D eigenvalue weighted by molar-refractivity contribution is 0.0702. The standard InChI is InChI=1S/C25H20FNO5S/c1-12-7-16(26)8-13(2)22(12)32-20-6-5-15(14(3)28)9-17(20)19-11-27(4)24(29)23-18(19)10-21(33-23)25(30)31/h5-11H,1-4H3,(H,30,31). The third-order valence-corrected chi connectivity index (χ3v) is 6.49. The maximum absolute atomic E-state index is 13.8. The molecule has 0 spiro atoms. The molecule has 0 saturated carbocycles. The number of Topliss-reactive ketones (excluding diaryl/α,β-unsaturated/α-hetero) is 1. The number of halogens is 1. The number of carboxylic acid groups (broad SMARTS) is 1. The Kier molecular flexibility index (Phi) is 5.63. The number of hydrogen-bond donors (Lipinski definition) is 1. The van der Waals surface area contributed by atoms with E-state index in [0.29, 0.717) is 49.4 Å². The molecule has 2 heterocycles. The van der Waals surface area contributed by atoms with E-state index in [1.54, 1.807) is 45.3 Å². The Morgan fingerprint density at radius 2 is 1.73 bits per heavy atom. The van der Waals surface area contributed by atoms with E-state index >= 15 is 0 Å². The van der Waals surface area contributed by atoms with Gasteiger partial charge >= 0.3 is 5.97 Å². The summed E-state index contributed by atoms with van der Waals surface area (Å²) in [5.74, 6) is -0.791. The Labute approximate surface area is 192 Å². The van der Waals surface area contributed by atoms with Gasteiger partial charge in [0.15, 0.2) is 5.78 Å². The number of benzene rings is 2. The summed E-state index contributed by atoms with van der Waals surface area (Å²) in [5.41, 5.74) is 2.38. The average Bonchev–Trinajstić information content (AvgIpc) is 3.19. The van der Waals surface area contributed by atoms with E-state index < -0.39 is 5.97 Å². The molecule has 0 bridgehead atoms. The molecule has 1 N–H and O–H groups in total. The molecule has 6 nitrogen and oxygen atoms in total. The predicted molar refractivity (Wildman–Crippen MR) is 125 cm³/mol. The van der Waals surface area contributed by atoms with Crippen LogP contribution in [0.1, 0.15) is 38.1 Å². The first-order valence-electron chi connectivity index (χ1n) is 10.0. The highest BCUT2D eigenvalue weighted by Gasteiger charge is 2.20. The first-order valence-corrected chi connectivity index (χ1v) is 10.8. The number of carboxylic acids is 1. The topological polar surface area (TPSA) is 85.6 Å². The number of ether oxygens (including phenoxy) is 1. The molecule has 2 aromatic carbocycles. The minimum Gasteiger partial charge on any atom is -0.477 e. The number of aromatic nitrogens is 1. The highest BCUT2D eigenvalue weighted by molar-refractivity contribution is 7.20. The van der Waals surface area contributed by atoms with Gasteiger partial charge in [0, 0.05) is 35.3 Å². The number of hydrogen-bond acceptors (Lipinski definition) is 5. The summed E-state index contributed by atoms with van der Waals surface area (Å²) in [7, 11) is 1.58. The van der Waals surface area contributed by atoms with Gasteiger partial charge in [0.05, 0.1) is 0 Å². The lowest BCUT2D eigenvalue weighted by Gasteiger charge is -2.17. The summed E-state index contributed by atoms with van der Waals surface area (Å²) >= 11 is 0.900. The highest BCUT2D eigenvalue weighted by atomic mass is 32.1. The minimum atomic E-state index is -1.13. The molecule has 8 heteroatoms. The van der Waals surface area contributed by atoms with E-state index in [4.69, 9.17) is 4.74 Å². The third-order valence-electron chi connectivity index (χ3n) is 5.38. The summed E-state index contributed by atoms with van der Waals surface area (Å²) in [6.45, 7) is 4.91. The number of aryl methyl sites for hydroxylation is 3. The summed E-state index contributed by atoms with van der Waals surface area (Å²) < 4.78 is 21.7. The van der Waals surface area contributed by atoms with Gasteiger partial charge in [-0.2, -0.15) is 0 Å². The van der Waals surface area contributed by atoms with Crippen LogP contribution in [-0.4, -0.2) is 21.4 Å². The molecule has 0 amide bonds. The van der Waals surface area contributed by atoms with E-state index in [1.165, 1.54) is 29.7 Å². The van der Waals surface area contributed by atoms with Gasteiger partial charge in [-0.1, -0.05) is 0 Å². The monoisotopic (exact) mass is 465 g/mol. The average molecular weight is 466 g/mol. The van der Waals surface area contributed by atoms with Crippen LogP contribution in [0.5, 0.6) is 11.5 Å². The number of thiophene rings is 1. The number of pyridine rings is 1. The van der Waals surface area contributed by atoms with Gasteiger partial charge in [0.1, 0.15) is 26.9 Å². The molecule has 4 aromatic rings. The first-order chi connectivity index (χ1) is 15.6. The smallest absolute Gasteiger partial charge is 0.345 e. The molecule has 0 aliphatic rings. The Balaban J connectivity index is 2.01. The van der Waals surface area contributed by atoms with Crippen LogP contribution in [0.15, 0.2) is 47.4 Å². The van der Waals surface area contributed by atoms with Crippen molar-refractivity contribution in [2.75, 3.05) is 0 Å². The lowest BCUT2D eigenvalue weighted by atomic mass is 9.99. The maximum Gasteiger partial charge on any atom is 0.345 e. The van der Waals surface area contributed by atoms with Crippen LogP contribution in [0.2, 0.25) is 0 Å². The van der Waals surface area contributed by atoms with Gasteiger partial charge in [0.25, 0.3) is 5.56 Å². The van der Waals surface area contributed by atoms with Gasteiger partial charge in [-0.05, 0) is 68.3 Å². The quantitative estimate of drug-likeness (QED) is 0.381. The summed E-state index contributed by atoms with van der Waals surface area (Å²) in [6, 6.07) is 9.13. The molecule has 0 atom stereocenters. The van der Waals surface area contributed by atoms with E-state index in [1.807, 2.05) is 0 Å². The number of fused-ring (bicyclic) bond motifs is 1. The number of nitrogens with zero attached hydrogens (tertiary/aromatic N) is 1. The van der Waals surface area contributed by atoms with E-state index in [0.717, 1.165) is 11.3 Å². The fourth-order valence-electron chi connectivity index (χ4n) is 3.77. The van der Waals surface area contributed by atoms with Crippen molar-refractivity contribution >= 4 is 33.2 Å². The van der Waals surface area contributed by atoms with Gasteiger partial charge < -0.3 is 14.4 Å². The van der Waals surface area contributed by atoms with Crippen molar-refractivity contribution in [3.05, 3.63) is 80.3 Å². The van der Waals surface area contributed by atoms with Crippen LogP contribution in [0.25, 0.3) is 21.2 Å². The summed E-state index contributed by atoms with van der Waals surface area (Å²) in [6.07, 6.45) is 1.60. The second-order valence-corrected chi connectivity index (χ2v) is 8.91. The van der Waals surface area contributed by atoms with Crippen LogP contribution in [0.4, 0.5) is 4.39 Å². The van der Waals surface area contributed by atoms with E-state index in [9.17, 15) is 23.9 Å². The van der Waals surface area contributed by atoms with Crippen LogP contribution < -0.4 is 10.3 Å². The zero-order valence-electron chi connectivity index (χ0n) is 18.4. The number of carbonyl (C=O) groups excluding carboxylic acids is 1. The minimum absolute atomic E-state index is 0.0324. The Morgan fingerprint density at radius 1 is 1.06 bits per heavy atom. The van der Waals surface area contributed by atoms with Crippen LogP contribution in [0.3, 0.4) is 0 Å². The van der Waals surface area contributed by atoms with Crippen molar-refractivity contribution in [2.45, 2.75) is 20.8 Å². The summed E-state index contributed by atoms with van der Waals surface area (Å²) in [5, 5.41) is 9.92. The molecule has 33 heavy (non-hydrogen) atoms. The molecule has 2 aromatic heterocycles. The second kappa shape index (κ2) is 8.29. The predicted octanol–water partition coefficient (Wildman–Crippen LogP) is 5.72. The second-order valence-electron chi connectivity index (χ2n) is 7.86. The Morgan fingerprint density at radius 3 is 2.33 bits per heavy atom. The molecule has 168 valence electrons. The van der Waals surface area contributed by atoms with E-state index in [2.05, 4.69) is 0 Å². The fraction of sp³-hybridized carbons (Fsp3) is 0.160. The van der Waals surface area contributed by atoms with E-state index in [-0.39, 0.29) is 22.0 Å². The maximum atomic E-state index is 13.8. The molecule has 0 aliphatic carbocycles. The molecular formula is C25H20FNO5S. The van der Waals surface area contributed by atoms with Crippen molar-refractivity contribution in [3.8, 4) is 22.6 Å². The number of ketones is 1. The SMILES string of the molecule is CC(=O)c1ccc(Oc2c(C)cc(F)cc2C)c(-c2cn(C)c(=O)c3sc(C(=O)O)cc23)c1. The Bertz CT molecular complexity index is 1490. The van der Waals surface area contributed by atoms with Crippen LogP contribution >= 0.6 is 11.3 Å². The van der Waals surface area contributed by atoms with Crippen molar-refractivity contribution < 1.29 is 23.8 Å². The first kappa shape index (κ1) is 22.4. The number of aromatic carboxylic acids is 1. The molecular weight excluding hydrogens is 445 g/mol.